The number of benzene rings is 1. The summed E-state index contributed by atoms with van der Waals surface area (Å²) in [5.41, 5.74) is 0.710. The molecule has 0 unspecified atom stereocenters. The topological polar surface area (TPSA) is 9.23 Å². The Morgan fingerprint density at radius 3 is 2.77 bits per heavy atom. The molecular weight excluding hydrogens is 167 g/mol. The van der Waals surface area contributed by atoms with E-state index in [0.29, 0.717) is 5.56 Å². The van der Waals surface area contributed by atoms with Gasteiger partial charge in [-0.1, -0.05) is 18.2 Å². The van der Waals surface area contributed by atoms with Gasteiger partial charge in [0.1, 0.15) is 5.82 Å². The Bertz CT molecular complexity index is 279. The van der Waals surface area contributed by atoms with Crippen molar-refractivity contribution in [2.45, 2.75) is 25.4 Å². The monoisotopic (exact) mass is 180 g/mol. The smallest absolute Gasteiger partial charge is 0.129 e. The Morgan fingerprint density at radius 2 is 2.08 bits per heavy atom. The summed E-state index contributed by atoms with van der Waals surface area (Å²) in [6.45, 7) is 0.763. The van der Waals surface area contributed by atoms with Crippen LogP contribution in [0.5, 0.6) is 0 Å². The largest absolute Gasteiger partial charge is 0.373 e. The molecule has 1 saturated heterocycles. The van der Waals surface area contributed by atoms with Crippen molar-refractivity contribution in [3.05, 3.63) is 35.6 Å². The predicted molar refractivity (Wildman–Crippen MR) is 48.9 cm³/mol. The fourth-order valence-corrected chi connectivity index (χ4v) is 1.72. The molecule has 0 bridgehead atoms. The summed E-state index contributed by atoms with van der Waals surface area (Å²) in [5, 5.41) is 0. The number of rotatable bonds is 1. The molecule has 13 heavy (non-hydrogen) atoms. The molecule has 0 saturated carbocycles. The van der Waals surface area contributed by atoms with Crippen molar-refractivity contribution < 1.29 is 9.13 Å². The van der Waals surface area contributed by atoms with E-state index in [1.165, 1.54) is 6.07 Å². The van der Waals surface area contributed by atoms with E-state index >= 15 is 0 Å². The van der Waals surface area contributed by atoms with Gasteiger partial charge in [-0.25, -0.2) is 4.39 Å². The molecule has 2 rings (SSSR count). The zero-order chi connectivity index (χ0) is 9.10. The van der Waals surface area contributed by atoms with Gasteiger partial charge < -0.3 is 4.74 Å². The molecular formula is C11H13FO. The molecule has 0 radical (unpaired) electrons. The first kappa shape index (κ1) is 8.70. The van der Waals surface area contributed by atoms with Crippen molar-refractivity contribution in [2.75, 3.05) is 6.61 Å². The van der Waals surface area contributed by atoms with Crippen LogP contribution in [0.25, 0.3) is 0 Å². The van der Waals surface area contributed by atoms with E-state index in [2.05, 4.69) is 0 Å². The maximum absolute atomic E-state index is 13.3. The minimum absolute atomic E-state index is 0.0186. The van der Waals surface area contributed by atoms with Gasteiger partial charge in [-0.15, -0.1) is 0 Å². The second-order valence-corrected chi connectivity index (χ2v) is 3.38. The van der Waals surface area contributed by atoms with Crippen LogP contribution < -0.4 is 0 Å². The third-order valence-electron chi connectivity index (χ3n) is 2.43. The van der Waals surface area contributed by atoms with Gasteiger partial charge in [0.2, 0.25) is 0 Å². The Balaban J connectivity index is 2.18. The highest BCUT2D eigenvalue weighted by Gasteiger charge is 2.18. The second-order valence-electron chi connectivity index (χ2n) is 3.38. The van der Waals surface area contributed by atoms with Crippen LogP contribution in [0.4, 0.5) is 4.39 Å². The fourth-order valence-electron chi connectivity index (χ4n) is 1.72. The SMILES string of the molecule is Fc1ccccc1[C@H]1CCCCO1. The number of hydrogen-bond acceptors (Lipinski definition) is 1. The van der Waals surface area contributed by atoms with E-state index in [-0.39, 0.29) is 11.9 Å². The predicted octanol–water partition coefficient (Wildman–Crippen LogP) is 3.07. The highest BCUT2D eigenvalue weighted by Crippen LogP contribution is 2.28. The molecule has 0 amide bonds. The molecule has 1 aliphatic rings. The Kier molecular flexibility index (Phi) is 2.60. The molecule has 1 fully saturated rings. The normalized spacial score (nSPS) is 23.0. The summed E-state index contributed by atoms with van der Waals surface area (Å²) in [7, 11) is 0. The lowest BCUT2D eigenvalue weighted by atomic mass is 10.0. The molecule has 1 atom stereocenters. The summed E-state index contributed by atoms with van der Waals surface area (Å²) in [6.07, 6.45) is 3.17. The van der Waals surface area contributed by atoms with Crippen molar-refractivity contribution in [1.29, 1.82) is 0 Å². The first-order valence-corrected chi connectivity index (χ1v) is 4.74. The summed E-state index contributed by atoms with van der Waals surface area (Å²) in [6, 6.07) is 6.87. The molecule has 1 nitrogen and oxygen atoms in total. The van der Waals surface area contributed by atoms with Crippen LogP contribution in [0.2, 0.25) is 0 Å². The van der Waals surface area contributed by atoms with Crippen molar-refractivity contribution in [3.63, 3.8) is 0 Å². The molecule has 1 heterocycles. The first-order chi connectivity index (χ1) is 6.38. The average molecular weight is 180 g/mol. The summed E-state index contributed by atoms with van der Waals surface area (Å²) >= 11 is 0. The van der Waals surface area contributed by atoms with Crippen LogP contribution in [0.1, 0.15) is 30.9 Å². The highest BCUT2D eigenvalue weighted by atomic mass is 19.1. The Labute approximate surface area is 77.5 Å². The van der Waals surface area contributed by atoms with Crippen molar-refractivity contribution >= 4 is 0 Å². The molecule has 0 N–H and O–H groups in total. The van der Waals surface area contributed by atoms with Crippen LogP contribution in [0.15, 0.2) is 24.3 Å². The van der Waals surface area contributed by atoms with Gasteiger partial charge in [0.15, 0.2) is 0 Å². The van der Waals surface area contributed by atoms with Gasteiger partial charge in [0.25, 0.3) is 0 Å². The highest BCUT2D eigenvalue weighted by molar-refractivity contribution is 5.20. The van der Waals surface area contributed by atoms with Crippen LogP contribution in [0, 0.1) is 5.82 Å². The maximum Gasteiger partial charge on any atom is 0.129 e. The molecule has 0 aromatic heterocycles. The second kappa shape index (κ2) is 3.88. The number of hydrogen-bond donors (Lipinski definition) is 0. The van der Waals surface area contributed by atoms with Gasteiger partial charge in [-0.05, 0) is 25.3 Å². The van der Waals surface area contributed by atoms with Gasteiger partial charge >= 0.3 is 0 Å². The lowest BCUT2D eigenvalue weighted by Gasteiger charge is -2.23. The quantitative estimate of drug-likeness (QED) is 0.645. The fraction of sp³-hybridized carbons (Fsp3) is 0.455. The summed E-state index contributed by atoms with van der Waals surface area (Å²) < 4.78 is 18.8. The molecule has 1 aromatic carbocycles. The Morgan fingerprint density at radius 1 is 1.23 bits per heavy atom. The van der Waals surface area contributed by atoms with E-state index in [0.717, 1.165) is 25.9 Å². The van der Waals surface area contributed by atoms with E-state index in [4.69, 9.17) is 4.74 Å². The molecule has 70 valence electrons. The number of ether oxygens (including phenoxy) is 1. The molecule has 2 heteroatoms. The molecule has 1 aromatic rings. The first-order valence-electron chi connectivity index (χ1n) is 4.74. The lowest BCUT2D eigenvalue weighted by molar-refractivity contribution is 0.0128. The maximum atomic E-state index is 13.3. The van der Waals surface area contributed by atoms with Crippen molar-refractivity contribution in [1.82, 2.24) is 0 Å². The van der Waals surface area contributed by atoms with Crippen LogP contribution in [0.3, 0.4) is 0 Å². The van der Waals surface area contributed by atoms with Crippen LogP contribution in [-0.4, -0.2) is 6.61 Å². The van der Waals surface area contributed by atoms with Gasteiger partial charge in [-0.2, -0.15) is 0 Å². The number of halogens is 1. The van der Waals surface area contributed by atoms with E-state index in [1.54, 1.807) is 6.07 Å². The third-order valence-corrected chi connectivity index (χ3v) is 2.43. The zero-order valence-electron chi connectivity index (χ0n) is 7.50. The van der Waals surface area contributed by atoms with E-state index in [9.17, 15) is 4.39 Å². The summed E-state index contributed by atoms with van der Waals surface area (Å²) in [4.78, 5) is 0. The molecule has 0 spiro atoms. The van der Waals surface area contributed by atoms with Gasteiger partial charge in [0.05, 0.1) is 6.10 Å². The standard InChI is InChI=1S/C11H13FO/c12-10-6-2-1-5-9(10)11-7-3-4-8-13-11/h1-2,5-6,11H,3-4,7-8H2/t11-/m1/s1. The summed E-state index contributed by atoms with van der Waals surface area (Å²) in [5.74, 6) is -0.144. The average Bonchev–Trinajstić information content (AvgIpc) is 2.20. The van der Waals surface area contributed by atoms with E-state index in [1.807, 2.05) is 12.1 Å². The minimum atomic E-state index is -0.144. The van der Waals surface area contributed by atoms with Gasteiger partial charge in [-0.3, -0.25) is 0 Å². The lowest BCUT2D eigenvalue weighted by Crippen LogP contribution is -2.12. The van der Waals surface area contributed by atoms with Crippen molar-refractivity contribution in [2.24, 2.45) is 0 Å². The molecule has 0 aliphatic carbocycles. The Hall–Kier alpha value is -0.890. The molecule has 1 aliphatic heterocycles. The minimum Gasteiger partial charge on any atom is -0.373 e. The van der Waals surface area contributed by atoms with Crippen LogP contribution >= 0.6 is 0 Å². The van der Waals surface area contributed by atoms with Crippen molar-refractivity contribution in [3.8, 4) is 0 Å². The van der Waals surface area contributed by atoms with Gasteiger partial charge in [0, 0.05) is 12.2 Å². The zero-order valence-corrected chi connectivity index (χ0v) is 7.50. The van der Waals surface area contributed by atoms with E-state index < -0.39 is 0 Å². The van der Waals surface area contributed by atoms with Crippen LogP contribution in [-0.2, 0) is 4.74 Å². The third kappa shape index (κ3) is 1.89.